The molecule has 0 spiro atoms. The Morgan fingerprint density at radius 1 is 1.50 bits per heavy atom. The fourth-order valence-electron chi connectivity index (χ4n) is 0.898. The van der Waals surface area contributed by atoms with Crippen LogP contribution in [0.4, 0.5) is 0 Å². The molecule has 1 heteroatoms. The first-order valence-corrected chi connectivity index (χ1v) is 3.14. The van der Waals surface area contributed by atoms with E-state index in [2.05, 4.69) is 25.8 Å². The summed E-state index contributed by atoms with van der Waals surface area (Å²) in [4.78, 5) is 4.31. The van der Waals surface area contributed by atoms with Gasteiger partial charge in [-0.15, -0.1) is 0 Å². The zero-order valence-corrected chi connectivity index (χ0v) is 5.86. The lowest BCUT2D eigenvalue weighted by Gasteiger charge is -2.15. The van der Waals surface area contributed by atoms with E-state index in [1.807, 2.05) is 0 Å². The molecule has 0 aromatic carbocycles. The molecular weight excluding hydrogens is 98.1 g/mol. The van der Waals surface area contributed by atoms with Gasteiger partial charge in [-0.3, -0.25) is 4.99 Å². The van der Waals surface area contributed by atoms with E-state index in [0.29, 0.717) is 5.41 Å². The highest BCUT2D eigenvalue weighted by molar-refractivity contribution is 5.88. The molecule has 0 aliphatic carbocycles. The second-order valence-electron chi connectivity index (χ2n) is 3.10. The maximum absolute atomic E-state index is 4.31. The first-order chi connectivity index (χ1) is 3.63. The molecule has 0 unspecified atom stereocenters. The molecular formula is C7H13N. The van der Waals surface area contributed by atoms with Crippen LogP contribution in [0.3, 0.4) is 0 Å². The van der Waals surface area contributed by atoms with Crippen molar-refractivity contribution in [3.05, 3.63) is 0 Å². The average molecular weight is 111 g/mol. The smallest absolute Gasteiger partial charge is 0.0397 e. The van der Waals surface area contributed by atoms with Crippen LogP contribution in [0.25, 0.3) is 0 Å². The van der Waals surface area contributed by atoms with Crippen LogP contribution in [0.1, 0.15) is 27.2 Å². The SMILES string of the molecule is CC1=NCCC1(C)C. The van der Waals surface area contributed by atoms with Crippen molar-refractivity contribution in [3.8, 4) is 0 Å². The van der Waals surface area contributed by atoms with E-state index in [1.54, 1.807) is 0 Å². The minimum absolute atomic E-state index is 0.403. The van der Waals surface area contributed by atoms with Gasteiger partial charge in [0.05, 0.1) is 0 Å². The van der Waals surface area contributed by atoms with Crippen LogP contribution >= 0.6 is 0 Å². The molecule has 0 radical (unpaired) electrons. The quantitative estimate of drug-likeness (QED) is 0.452. The van der Waals surface area contributed by atoms with Crippen LogP contribution in [-0.2, 0) is 0 Å². The summed E-state index contributed by atoms with van der Waals surface area (Å²) >= 11 is 0. The Labute approximate surface area is 50.8 Å². The zero-order chi connectivity index (χ0) is 6.20. The third-order valence-electron chi connectivity index (χ3n) is 2.07. The number of rotatable bonds is 0. The van der Waals surface area contributed by atoms with Gasteiger partial charge in [-0.1, -0.05) is 13.8 Å². The van der Waals surface area contributed by atoms with E-state index in [1.165, 1.54) is 12.1 Å². The van der Waals surface area contributed by atoms with Crippen LogP contribution in [0.5, 0.6) is 0 Å². The molecule has 0 N–H and O–H groups in total. The molecule has 0 saturated carbocycles. The number of hydrogen-bond donors (Lipinski definition) is 0. The molecule has 0 bridgehead atoms. The third kappa shape index (κ3) is 0.770. The van der Waals surface area contributed by atoms with Crippen LogP contribution < -0.4 is 0 Å². The van der Waals surface area contributed by atoms with Crippen molar-refractivity contribution in [2.24, 2.45) is 10.4 Å². The molecule has 8 heavy (non-hydrogen) atoms. The molecule has 0 saturated heterocycles. The normalized spacial score (nSPS) is 25.6. The van der Waals surface area contributed by atoms with E-state index in [9.17, 15) is 0 Å². The fraction of sp³-hybridized carbons (Fsp3) is 0.857. The monoisotopic (exact) mass is 111 g/mol. The zero-order valence-electron chi connectivity index (χ0n) is 5.86. The molecule has 0 fully saturated rings. The van der Waals surface area contributed by atoms with Crippen molar-refractivity contribution in [2.75, 3.05) is 6.54 Å². The second-order valence-corrected chi connectivity index (χ2v) is 3.10. The summed E-state index contributed by atoms with van der Waals surface area (Å²) in [6, 6.07) is 0. The Kier molecular flexibility index (Phi) is 1.14. The Morgan fingerprint density at radius 3 is 2.25 bits per heavy atom. The number of aliphatic imine (C=N–C) groups is 1. The Balaban J connectivity index is 2.73. The van der Waals surface area contributed by atoms with Gasteiger partial charge < -0.3 is 0 Å². The van der Waals surface area contributed by atoms with Gasteiger partial charge in [0.25, 0.3) is 0 Å². The topological polar surface area (TPSA) is 12.4 Å². The Hall–Kier alpha value is -0.330. The van der Waals surface area contributed by atoms with E-state index >= 15 is 0 Å². The van der Waals surface area contributed by atoms with Gasteiger partial charge in [0.15, 0.2) is 0 Å². The summed E-state index contributed by atoms with van der Waals surface area (Å²) in [5, 5.41) is 0. The van der Waals surface area contributed by atoms with Gasteiger partial charge in [-0.2, -0.15) is 0 Å². The lowest BCUT2D eigenvalue weighted by Crippen LogP contribution is -2.15. The molecule has 0 amide bonds. The highest BCUT2D eigenvalue weighted by atomic mass is 14.8. The van der Waals surface area contributed by atoms with Gasteiger partial charge in [0, 0.05) is 17.7 Å². The Bertz CT molecular complexity index is 122. The van der Waals surface area contributed by atoms with Crippen LogP contribution in [0.2, 0.25) is 0 Å². The van der Waals surface area contributed by atoms with Crippen LogP contribution in [0.15, 0.2) is 4.99 Å². The highest BCUT2D eigenvalue weighted by Gasteiger charge is 2.24. The first kappa shape index (κ1) is 5.80. The van der Waals surface area contributed by atoms with Crippen molar-refractivity contribution in [3.63, 3.8) is 0 Å². The van der Waals surface area contributed by atoms with Crippen molar-refractivity contribution in [1.29, 1.82) is 0 Å². The summed E-state index contributed by atoms with van der Waals surface area (Å²) in [6.45, 7) is 7.66. The summed E-state index contributed by atoms with van der Waals surface area (Å²) in [5.74, 6) is 0. The standard InChI is InChI=1S/C7H13N/c1-6-7(2,3)4-5-8-6/h4-5H2,1-3H3. The number of hydrogen-bond acceptors (Lipinski definition) is 1. The van der Waals surface area contributed by atoms with Crippen molar-refractivity contribution >= 4 is 5.71 Å². The number of nitrogens with zero attached hydrogens (tertiary/aromatic N) is 1. The van der Waals surface area contributed by atoms with Crippen LogP contribution in [-0.4, -0.2) is 12.3 Å². The third-order valence-corrected chi connectivity index (χ3v) is 2.07. The summed E-state index contributed by atoms with van der Waals surface area (Å²) in [6.07, 6.45) is 1.23. The van der Waals surface area contributed by atoms with Gasteiger partial charge in [0.2, 0.25) is 0 Å². The minimum atomic E-state index is 0.403. The first-order valence-electron chi connectivity index (χ1n) is 3.14. The van der Waals surface area contributed by atoms with Crippen molar-refractivity contribution in [1.82, 2.24) is 0 Å². The maximum atomic E-state index is 4.31. The lowest BCUT2D eigenvalue weighted by atomic mass is 9.87. The summed E-state index contributed by atoms with van der Waals surface area (Å²) < 4.78 is 0. The molecule has 1 aliphatic rings. The van der Waals surface area contributed by atoms with Gasteiger partial charge in [-0.05, 0) is 13.3 Å². The molecule has 0 aromatic heterocycles. The van der Waals surface area contributed by atoms with E-state index < -0.39 is 0 Å². The van der Waals surface area contributed by atoms with Gasteiger partial charge in [0.1, 0.15) is 0 Å². The molecule has 1 rings (SSSR count). The highest BCUT2D eigenvalue weighted by Crippen LogP contribution is 2.27. The Morgan fingerprint density at radius 2 is 2.12 bits per heavy atom. The van der Waals surface area contributed by atoms with E-state index in [-0.39, 0.29) is 0 Å². The van der Waals surface area contributed by atoms with E-state index in [0.717, 1.165) is 6.54 Å². The van der Waals surface area contributed by atoms with Crippen molar-refractivity contribution < 1.29 is 0 Å². The van der Waals surface area contributed by atoms with E-state index in [4.69, 9.17) is 0 Å². The van der Waals surface area contributed by atoms with Crippen molar-refractivity contribution in [2.45, 2.75) is 27.2 Å². The molecule has 46 valence electrons. The molecule has 1 aliphatic heterocycles. The predicted molar refractivity (Wildman–Crippen MR) is 36.4 cm³/mol. The molecule has 1 nitrogen and oxygen atoms in total. The summed E-state index contributed by atoms with van der Waals surface area (Å²) in [7, 11) is 0. The van der Waals surface area contributed by atoms with Gasteiger partial charge in [-0.25, -0.2) is 0 Å². The molecule has 0 aromatic rings. The van der Waals surface area contributed by atoms with Crippen LogP contribution in [0, 0.1) is 5.41 Å². The minimum Gasteiger partial charge on any atom is -0.294 e. The lowest BCUT2D eigenvalue weighted by molar-refractivity contribution is 0.517. The maximum Gasteiger partial charge on any atom is 0.0397 e. The fourth-order valence-corrected chi connectivity index (χ4v) is 0.898. The predicted octanol–water partition coefficient (Wildman–Crippen LogP) is 1.88. The molecule has 0 atom stereocenters. The van der Waals surface area contributed by atoms with Gasteiger partial charge >= 0.3 is 0 Å². The average Bonchev–Trinajstić information content (AvgIpc) is 1.86. The summed E-state index contributed by atoms with van der Waals surface area (Å²) in [5.41, 5.74) is 1.72. The second kappa shape index (κ2) is 1.57. The largest absolute Gasteiger partial charge is 0.294 e. The molecule has 1 heterocycles.